The molecule has 8 nitrogen and oxygen atoms in total. The number of benzene rings is 2. The van der Waals surface area contributed by atoms with Crippen molar-refractivity contribution < 1.29 is 33.3 Å². The Balaban J connectivity index is 1.43. The highest BCUT2D eigenvalue weighted by molar-refractivity contribution is 5.99. The molecule has 2 aromatic carbocycles. The molecule has 0 aliphatic carbocycles. The van der Waals surface area contributed by atoms with Crippen LogP contribution in [0.3, 0.4) is 0 Å². The van der Waals surface area contributed by atoms with Gasteiger partial charge in [-0.2, -0.15) is 0 Å². The van der Waals surface area contributed by atoms with Gasteiger partial charge in [-0.05, 0) is 30.3 Å². The summed E-state index contributed by atoms with van der Waals surface area (Å²) in [6.45, 7) is 0.568. The number of carbonyl (C=O) groups is 3. The van der Waals surface area contributed by atoms with E-state index >= 15 is 0 Å². The zero-order valence-corrected chi connectivity index (χ0v) is 15.9. The second-order valence-electron chi connectivity index (χ2n) is 6.15. The molecule has 3 rings (SSSR count). The predicted molar refractivity (Wildman–Crippen MR) is 103 cm³/mol. The molecule has 1 amide bonds. The fourth-order valence-electron chi connectivity index (χ4n) is 2.72. The average Bonchev–Trinajstić information content (AvgIpc) is 2.76. The summed E-state index contributed by atoms with van der Waals surface area (Å²) in [7, 11) is 1.47. The number of para-hydroxylation sites is 1. The maximum Gasteiger partial charge on any atom is 0.308 e. The molecule has 0 atom stereocenters. The van der Waals surface area contributed by atoms with Gasteiger partial charge >= 0.3 is 5.97 Å². The first kappa shape index (κ1) is 20.2. The Morgan fingerprint density at radius 3 is 2.59 bits per heavy atom. The Bertz CT molecular complexity index is 910. The molecule has 2 aromatic rings. The molecule has 1 N–H and O–H groups in total. The summed E-state index contributed by atoms with van der Waals surface area (Å²) in [6.07, 6.45) is -0.0602. The lowest BCUT2D eigenvalue weighted by Gasteiger charge is -2.18. The molecule has 1 aliphatic rings. The maximum atomic E-state index is 12.2. The first-order valence-corrected chi connectivity index (χ1v) is 9.08. The van der Waals surface area contributed by atoms with E-state index in [2.05, 4.69) is 5.32 Å². The molecular weight excluding hydrogens is 378 g/mol. The van der Waals surface area contributed by atoms with Crippen molar-refractivity contribution in [3.8, 4) is 17.2 Å². The van der Waals surface area contributed by atoms with Crippen LogP contribution < -0.4 is 19.5 Å². The second kappa shape index (κ2) is 9.59. The largest absolute Gasteiger partial charge is 0.496 e. The van der Waals surface area contributed by atoms with Crippen molar-refractivity contribution in [1.82, 2.24) is 5.32 Å². The van der Waals surface area contributed by atoms with Gasteiger partial charge < -0.3 is 24.3 Å². The lowest BCUT2D eigenvalue weighted by molar-refractivity contribution is -0.142. The van der Waals surface area contributed by atoms with Gasteiger partial charge in [-0.15, -0.1) is 0 Å². The number of nitrogens with one attached hydrogen (secondary N) is 1. The molecule has 0 saturated carbocycles. The highest BCUT2D eigenvalue weighted by Crippen LogP contribution is 2.30. The molecular formula is C21H21NO7. The maximum absolute atomic E-state index is 12.2. The lowest BCUT2D eigenvalue weighted by Crippen LogP contribution is -2.27. The van der Waals surface area contributed by atoms with E-state index in [0.717, 1.165) is 0 Å². The number of Topliss-reactive ketones (excluding diaryl/α,β-unsaturated/α-hetero) is 1. The van der Waals surface area contributed by atoms with Crippen molar-refractivity contribution in [1.29, 1.82) is 0 Å². The third kappa shape index (κ3) is 5.25. The number of esters is 1. The van der Waals surface area contributed by atoms with Crippen LogP contribution in [0.5, 0.6) is 17.2 Å². The number of amides is 1. The molecule has 0 bridgehead atoms. The van der Waals surface area contributed by atoms with Gasteiger partial charge in [0.2, 0.25) is 0 Å². The van der Waals surface area contributed by atoms with Crippen molar-refractivity contribution in [3.63, 3.8) is 0 Å². The summed E-state index contributed by atoms with van der Waals surface area (Å²) in [5, 5.41) is 2.62. The van der Waals surface area contributed by atoms with E-state index in [-0.39, 0.29) is 31.3 Å². The van der Waals surface area contributed by atoms with Crippen LogP contribution in [-0.4, -0.2) is 51.1 Å². The summed E-state index contributed by atoms with van der Waals surface area (Å²) in [5.41, 5.74) is 0.740. The summed E-state index contributed by atoms with van der Waals surface area (Å²) in [6, 6.07) is 11.6. The van der Waals surface area contributed by atoms with Crippen LogP contribution in [0.15, 0.2) is 42.5 Å². The zero-order chi connectivity index (χ0) is 20.6. The third-order valence-corrected chi connectivity index (χ3v) is 4.19. The van der Waals surface area contributed by atoms with Crippen LogP contribution in [0.1, 0.15) is 27.1 Å². The van der Waals surface area contributed by atoms with Gasteiger partial charge in [-0.3, -0.25) is 14.4 Å². The summed E-state index contributed by atoms with van der Waals surface area (Å²) in [5.74, 6) is 0.216. The molecule has 0 radical (unpaired) electrons. The molecule has 152 valence electrons. The van der Waals surface area contributed by atoms with Crippen molar-refractivity contribution in [2.45, 2.75) is 6.42 Å². The number of rotatable bonds is 8. The van der Waals surface area contributed by atoms with Crippen LogP contribution in [0.4, 0.5) is 0 Å². The summed E-state index contributed by atoms with van der Waals surface area (Å²) in [4.78, 5) is 36.2. The Labute approximate surface area is 167 Å². The summed E-state index contributed by atoms with van der Waals surface area (Å²) >= 11 is 0. The van der Waals surface area contributed by atoms with Gasteiger partial charge in [-0.25, -0.2) is 0 Å². The normalized spacial score (nSPS) is 12.0. The Morgan fingerprint density at radius 2 is 1.79 bits per heavy atom. The number of methoxy groups -OCH3 is 1. The van der Waals surface area contributed by atoms with Gasteiger partial charge in [0.05, 0.1) is 19.1 Å². The van der Waals surface area contributed by atoms with Crippen molar-refractivity contribution in [3.05, 3.63) is 53.6 Å². The third-order valence-electron chi connectivity index (χ3n) is 4.19. The first-order chi connectivity index (χ1) is 14.1. The van der Waals surface area contributed by atoms with Crippen LogP contribution in [0.2, 0.25) is 0 Å². The van der Waals surface area contributed by atoms with Crippen LogP contribution in [0, 0.1) is 0 Å². The standard InChI is InChI=1S/C21H21NO7/c1-26-17-5-3-2-4-15(17)21(25)22-9-8-20(24)29-13-16(23)14-6-7-18-19(12-14)28-11-10-27-18/h2-7,12H,8-11,13H2,1H3,(H,22,25). The first-order valence-electron chi connectivity index (χ1n) is 9.08. The van der Waals surface area contributed by atoms with Gasteiger partial charge in [0.1, 0.15) is 19.0 Å². The van der Waals surface area contributed by atoms with Crippen molar-refractivity contribution in [2.24, 2.45) is 0 Å². The van der Waals surface area contributed by atoms with Gasteiger partial charge in [0.15, 0.2) is 23.9 Å². The Morgan fingerprint density at radius 1 is 1.03 bits per heavy atom. The molecule has 0 saturated heterocycles. The van der Waals surface area contributed by atoms with E-state index in [0.29, 0.717) is 41.6 Å². The number of hydrogen-bond donors (Lipinski definition) is 1. The van der Waals surface area contributed by atoms with E-state index in [1.165, 1.54) is 7.11 Å². The van der Waals surface area contributed by atoms with Gasteiger partial charge in [-0.1, -0.05) is 12.1 Å². The van der Waals surface area contributed by atoms with E-state index in [1.807, 2.05) is 0 Å². The molecule has 8 heteroatoms. The van der Waals surface area contributed by atoms with Gasteiger partial charge in [0, 0.05) is 12.1 Å². The fourth-order valence-corrected chi connectivity index (χ4v) is 2.72. The Kier molecular flexibility index (Phi) is 6.67. The van der Waals surface area contributed by atoms with Crippen LogP contribution in [0.25, 0.3) is 0 Å². The molecule has 1 heterocycles. The van der Waals surface area contributed by atoms with E-state index < -0.39 is 5.97 Å². The number of carbonyl (C=O) groups excluding carboxylic acids is 3. The van der Waals surface area contributed by atoms with E-state index in [4.69, 9.17) is 18.9 Å². The van der Waals surface area contributed by atoms with Crippen molar-refractivity contribution >= 4 is 17.7 Å². The Hall–Kier alpha value is -3.55. The van der Waals surface area contributed by atoms with Crippen LogP contribution >= 0.6 is 0 Å². The quantitative estimate of drug-likeness (QED) is 0.535. The number of hydrogen-bond acceptors (Lipinski definition) is 7. The van der Waals surface area contributed by atoms with Crippen molar-refractivity contribution in [2.75, 3.05) is 33.5 Å². The van der Waals surface area contributed by atoms with Crippen LogP contribution in [-0.2, 0) is 9.53 Å². The minimum absolute atomic E-state index is 0.0602. The molecule has 1 aliphatic heterocycles. The number of ether oxygens (including phenoxy) is 4. The summed E-state index contributed by atoms with van der Waals surface area (Å²) < 4.78 is 21.0. The molecule has 29 heavy (non-hydrogen) atoms. The SMILES string of the molecule is COc1ccccc1C(=O)NCCC(=O)OCC(=O)c1ccc2c(c1)OCCO2. The zero-order valence-electron chi connectivity index (χ0n) is 15.9. The molecule has 0 spiro atoms. The minimum Gasteiger partial charge on any atom is -0.496 e. The average molecular weight is 399 g/mol. The number of fused-ring (bicyclic) bond motifs is 1. The topological polar surface area (TPSA) is 100 Å². The molecule has 0 fully saturated rings. The number of ketones is 1. The smallest absolute Gasteiger partial charge is 0.308 e. The second-order valence-corrected chi connectivity index (χ2v) is 6.15. The predicted octanol–water partition coefficient (Wildman–Crippen LogP) is 2.01. The highest BCUT2D eigenvalue weighted by atomic mass is 16.6. The molecule has 0 aromatic heterocycles. The monoisotopic (exact) mass is 399 g/mol. The molecule has 0 unspecified atom stereocenters. The van der Waals surface area contributed by atoms with Gasteiger partial charge in [0.25, 0.3) is 5.91 Å². The highest BCUT2D eigenvalue weighted by Gasteiger charge is 2.17. The van der Waals surface area contributed by atoms with E-state index in [1.54, 1.807) is 42.5 Å². The lowest BCUT2D eigenvalue weighted by atomic mass is 10.1. The minimum atomic E-state index is -0.587. The fraction of sp³-hybridized carbons (Fsp3) is 0.286. The van der Waals surface area contributed by atoms with E-state index in [9.17, 15) is 14.4 Å².